The monoisotopic (exact) mass is 349 g/mol. The minimum absolute atomic E-state index is 0.235. The Bertz CT molecular complexity index is 906. The van der Waals surface area contributed by atoms with Gasteiger partial charge >= 0.3 is 0 Å². The van der Waals surface area contributed by atoms with Crippen molar-refractivity contribution in [2.75, 3.05) is 18.5 Å². The lowest BCUT2D eigenvalue weighted by Gasteiger charge is -2.11. The third kappa shape index (κ3) is 3.54. The highest BCUT2D eigenvalue weighted by Crippen LogP contribution is 2.30. The third-order valence-electron chi connectivity index (χ3n) is 4.15. The van der Waals surface area contributed by atoms with E-state index in [0.29, 0.717) is 42.8 Å². The van der Waals surface area contributed by atoms with Crippen molar-refractivity contribution in [2.24, 2.45) is 0 Å². The van der Waals surface area contributed by atoms with E-state index in [-0.39, 0.29) is 5.91 Å². The first kappa shape index (κ1) is 16.2. The van der Waals surface area contributed by atoms with E-state index >= 15 is 0 Å². The van der Waals surface area contributed by atoms with Gasteiger partial charge in [-0.2, -0.15) is 0 Å². The van der Waals surface area contributed by atoms with Crippen molar-refractivity contribution < 1.29 is 14.3 Å². The van der Waals surface area contributed by atoms with Gasteiger partial charge in [-0.1, -0.05) is 30.3 Å². The molecule has 132 valence electrons. The fourth-order valence-corrected chi connectivity index (χ4v) is 2.82. The Morgan fingerprint density at radius 1 is 1.08 bits per heavy atom. The van der Waals surface area contributed by atoms with Crippen LogP contribution in [0.5, 0.6) is 11.5 Å². The van der Waals surface area contributed by atoms with Crippen LogP contribution in [0, 0.1) is 0 Å². The highest BCUT2D eigenvalue weighted by molar-refractivity contribution is 6.03. The van der Waals surface area contributed by atoms with Crippen LogP contribution in [-0.4, -0.2) is 28.7 Å². The molecule has 1 amide bonds. The summed E-state index contributed by atoms with van der Waals surface area (Å²) < 4.78 is 13.2. The van der Waals surface area contributed by atoms with Crippen LogP contribution >= 0.6 is 0 Å². The number of hydrogen-bond acceptors (Lipinski definition) is 4. The summed E-state index contributed by atoms with van der Waals surface area (Å²) >= 11 is 0. The second-order valence-electron chi connectivity index (χ2n) is 6.03. The molecule has 1 aliphatic heterocycles. The maximum Gasteiger partial charge on any atom is 0.258 e. The van der Waals surface area contributed by atoms with Gasteiger partial charge in [0, 0.05) is 24.4 Å². The highest BCUT2D eigenvalue weighted by Gasteiger charge is 2.15. The van der Waals surface area contributed by atoms with Gasteiger partial charge in [-0.3, -0.25) is 10.1 Å². The average molecular weight is 349 g/mol. The molecule has 0 bridgehead atoms. The lowest BCUT2D eigenvalue weighted by atomic mass is 10.2. The number of amides is 1. The molecule has 2 aromatic carbocycles. The zero-order valence-corrected chi connectivity index (χ0v) is 14.2. The van der Waals surface area contributed by atoms with E-state index in [0.717, 1.165) is 12.0 Å². The van der Waals surface area contributed by atoms with Crippen LogP contribution in [0.1, 0.15) is 22.3 Å². The molecule has 3 aromatic rings. The molecule has 0 radical (unpaired) electrons. The first-order valence-corrected chi connectivity index (χ1v) is 8.56. The molecule has 2 heterocycles. The fourth-order valence-electron chi connectivity index (χ4n) is 2.82. The zero-order chi connectivity index (χ0) is 17.8. The maximum atomic E-state index is 12.6. The molecule has 4 rings (SSSR count). The van der Waals surface area contributed by atoms with Crippen LogP contribution in [0.25, 0.3) is 0 Å². The van der Waals surface area contributed by atoms with Crippen LogP contribution in [0.15, 0.2) is 60.9 Å². The molecular formula is C20H19N3O3. The first-order valence-electron chi connectivity index (χ1n) is 8.56. The van der Waals surface area contributed by atoms with Crippen LogP contribution < -0.4 is 14.8 Å². The molecule has 0 unspecified atom stereocenters. The molecule has 1 N–H and O–H groups in total. The first-order chi connectivity index (χ1) is 12.8. The van der Waals surface area contributed by atoms with Gasteiger partial charge in [0.25, 0.3) is 5.91 Å². The average Bonchev–Trinajstić information content (AvgIpc) is 2.96. The number of ether oxygens (including phenoxy) is 2. The van der Waals surface area contributed by atoms with E-state index in [9.17, 15) is 4.79 Å². The van der Waals surface area contributed by atoms with Gasteiger partial charge in [0.2, 0.25) is 5.95 Å². The molecule has 6 heteroatoms. The Hall–Kier alpha value is -3.28. The van der Waals surface area contributed by atoms with Crippen molar-refractivity contribution in [1.82, 2.24) is 9.55 Å². The summed E-state index contributed by atoms with van der Waals surface area (Å²) in [7, 11) is 0. The number of carbonyl (C=O) groups is 1. The van der Waals surface area contributed by atoms with Gasteiger partial charge in [-0.05, 0) is 23.8 Å². The van der Waals surface area contributed by atoms with Gasteiger partial charge in [-0.15, -0.1) is 0 Å². The number of fused-ring (bicyclic) bond motifs is 1. The van der Waals surface area contributed by atoms with Crippen LogP contribution in [0.4, 0.5) is 5.95 Å². The van der Waals surface area contributed by atoms with Crippen molar-refractivity contribution in [3.05, 3.63) is 72.1 Å². The number of anilines is 1. The molecular weight excluding hydrogens is 330 g/mol. The summed E-state index contributed by atoms with van der Waals surface area (Å²) in [6.45, 7) is 1.84. The molecule has 0 atom stereocenters. The molecule has 6 nitrogen and oxygen atoms in total. The van der Waals surface area contributed by atoms with Crippen LogP contribution in [-0.2, 0) is 6.54 Å². The van der Waals surface area contributed by atoms with Gasteiger partial charge in [-0.25, -0.2) is 4.98 Å². The minimum atomic E-state index is -0.235. The summed E-state index contributed by atoms with van der Waals surface area (Å²) in [5, 5.41) is 2.87. The third-order valence-corrected chi connectivity index (χ3v) is 4.15. The fraction of sp³-hybridized carbons (Fsp3) is 0.200. The highest BCUT2D eigenvalue weighted by atomic mass is 16.5. The van der Waals surface area contributed by atoms with Crippen molar-refractivity contribution in [1.29, 1.82) is 0 Å². The molecule has 1 aliphatic rings. The Labute approximate surface area is 151 Å². The lowest BCUT2D eigenvalue weighted by Crippen LogP contribution is -2.16. The normalized spacial score (nSPS) is 13.1. The van der Waals surface area contributed by atoms with Crippen molar-refractivity contribution in [3.8, 4) is 11.5 Å². The molecule has 26 heavy (non-hydrogen) atoms. The number of hydrogen-bond donors (Lipinski definition) is 1. The van der Waals surface area contributed by atoms with Crippen molar-refractivity contribution >= 4 is 11.9 Å². The number of imidazole rings is 1. The number of nitrogens with one attached hydrogen (secondary N) is 1. The van der Waals surface area contributed by atoms with Crippen molar-refractivity contribution in [2.45, 2.75) is 13.0 Å². The van der Waals surface area contributed by atoms with Gasteiger partial charge < -0.3 is 14.0 Å². The van der Waals surface area contributed by atoms with Gasteiger partial charge in [0.05, 0.1) is 19.8 Å². The smallest absolute Gasteiger partial charge is 0.258 e. The predicted molar refractivity (Wildman–Crippen MR) is 97.8 cm³/mol. The SMILES string of the molecule is O=C(Nc1nccn1Cc1ccccc1)c1ccc2c(c1)OCCCO2. The molecule has 0 saturated carbocycles. The van der Waals surface area contributed by atoms with Gasteiger partial charge in [0.1, 0.15) is 0 Å². The van der Waals surface area contributed by atoms with E-state index in [2.05, 4.69) is 10.3 Å². The predicted octanol–water partition coefficient (Wildman–Crippen LogP) is 3.35. The number of aromatic nitrogens is 2. The summed E-state index contributed by atoms with van der Waals surface area (Å²) in [6.07, 6.45) is 4.34. The summed E-state index contributed by atoms with van der Waals surface area (Å²) in [4.78, 5) is 16.9. The second kappa shape index (κ2) is 7.31. The number of nitrogens with zero attached hydrogens (tertiary/aromatic N) is 2. The van der Waals surface area contributed by atoms with E-state index in [4.69, 9.17) is 9.47 Å². The maximum absolute atomic E-state index is 12.6. The van der Waals surface area contributed by atoms with Crippen molar-refractivity contribution in [3.63, 3.8) is 0 Å². The molecule has 1 aromatic heterocycles. The second-order valence-corrected chi connectivity index (χ2v) is 6.03. The number of benzene rings is 2. The molecule has 0 saturated heterocycles. The Morgan fingerprint density at radius 3 is 2.73 bits per heavy atom. The molecule has 0 aliphatic carbocycles. The molecule has 0 fully saturated rings. The topological polar surface area (TPSA) is 65.4 Å². The van der Waals surface area contributed by atoms with Crippen LogP contribution in [0.3, 0.4) is 0 Å². The largest absolute Gasteiger partial charge is 0.490 e. The Kier molecular flexibility index (Phi) is 4.55. The van der Waals surface area contributed by atoms with E-state index in [1.807, 2.05) is 41.1 Å². The van der Waals surface area contributed by atoms with Gasteiger partial charge in [0.15, 0.2) is 11.5 Å². The zero-order valence-electron chi connectivity index (χ0n) is 14.2. The Balaban J connectivity index is 1.51. The minimum Gasteiger partial charge on any atom is -0.490 e. The lowest BCUT2D eigenvalue weighted by molar-refractivity contribution is 0.102. The summed E-state index contributed by atoms with van der Waals surface area (Å²) in [5.41, 5.74) is 1.64. The number of carbonyl (C=O) groups excluding carboxylic acids is 1. The Morgan fingerprint density at radius 2 is 1.88 bits per heavy atom. The van der Waals surface area contributed by atoms with E-state index in [1.165, 1.54) is 0 Å². The standard InChI is InChI=1S/C20H19N3O3/c24-19(16-7-8-17-18(13-16)26-12-4-11-25-17)22-20-21-9-10-23(20)14-15-5-2-1-3-6-15/h1-3,5-10,13H,4,11-12,14H2,(H,21,22,24). The quantitative estimate of drug-likeness (QED) is 0.784. The van der Waals surface area contributed by atoms with E-state index < -0.39 is 0 Å². The van der Waals surface area contributed by atoms with E-state index in [1.54, 1.807) is 24.4 Å². The van der Waals surface area contributed by atoms with Crippen LogP contribution in [0.2, 0.25) is 0 Å². The summed E-state index contributed by atoms with van der Waals surface area (Å²) in [6, 6.07) is 15.2. The number of rotatable bonds is 4. The molecule has 0 spiro atoms. The summed E-state index contributed by atoms with van der Waals surface area (Å²) in [5.74, 6) is 1.54.